The molecular weight excluding hydrogens is 562 g/mol. The number of ether oxygens (including phenoxy) is 3. The summed E-state index contributed by atoms with van der Waals surface area (Å²) in [6.07, 6.45) is 7.94. The molecule has 1 aromatic heterocycles. The summed E-state index contributed by atoms with van der Waals surface area (Å²) in [6, 6.07) is 22.6. The van der Waals surface area contributed by atoms with Crippen LogP contribution >= 0.6 is 0 Å². The smallest absolute Gasteiger partial charge is 0.338 e. The van der Waals surface area contributed by atoms with Crippen molar-refractivity contribution < 1.29 is 23.8 Å². The number of carbonyl (C=O) groups excluding carboxylic acids is 2. The molecule has 0 saturated heterocycles. The summed E-state index contributed by atoms with van der Waals surface area (Å²) >= 11 is 0. The van der Waals surface area contributed by atoms with Gasteiger partial charge in [0, 0.05) is 28.9 Å². The van der Waals surface area contributed by atoms with Crippen LogP contribution in [-0.4, -0.2) is 29.2 Å². The van der Waals surface area contributed by atoms with E-state index in [2.05, 4.69) is 41.0 Å². The lowest BCUT2D eigenvalue weighted by Crippen LogP contribution is -2.25. The van der Waals surface area contributed by atoms with Crippen LogP contribution in [0.2, 0.25) is 0 Å². The van der Waals surface area contributed by atoms with Crippen molar-refractivity contribution in [3.05, 3.63) is 89.0 Å². The van der Waals surface area contributed by atoms with Crippen molar-refractivity contribution in [3.63, 3.8) is 0 Å². The molecule has 2 fully saturated rings. The van der Waals surface area contributed by atoms with Gasteiger partial charge < -0.3 is 18.8 Å². The molecule has 4 aromatic rings. The van der Waals surface area contributed by atoms with Gasteiger partial charge in [-0.3, -0.25) is 4.79 Å². The Morgan fingerprint density at radius 1 is 0.933 bits per heavy atom. The molecule has 2 heterocycles. The highest BCUT2D eigenvalue weighted by Crippen LogP contribution is 2.66. The van der Waals surface area contributed by atoms with Gasteiger partial charge >= 0.3 is 11.9 Å². The van der Waals surface area contributed by atoms with Crippen molar-refractivity contribution in [1.29, 1.82) is 0 Å². The van der Waals surface area contributed by atoms with Gasteiger partial charge in [-0.15, -0.1) is 0 Å². The van der Waals surface area contributed by atoms with E-state index in [1.54, 1.807) is 0 Å². The van der Waals surface area contributed by atoms with Crippen LogP contribution in [0, 0.1) is 5.41 Å². The Morgan fingerprint density at radius 3 is 2.40 bits per heavy atom. The number of aromatic nitrogens is 1. The zero-order chi connectivity index (χ0) is 31.3. The van der Waals surface area contributed by atoms with Crippen molar-refractivity contribution in [2.75, 3.05) is 7.11 Å². The molecule has 6 nitrogen and oxygen atoms in total. The van der Waals surface area contributed by atoms with Gasteiger partial charge in [-0.05, 0) is 93.0 Å². The summed E-state index contributed by atoms with van der Waals surface area (Å²) in [5.41, 5.74) is 6.20. The Balaban J connectivity index is 1.41. The average molecular weight is 606 g/mol. The largest absolute Gasteiger partial charge is 0.489 e. The third-order valence-electron chi connectivity index (χ3n) is 10.0. The van der Waals surface area contributed by atoms with Crippen molar-refractivity contribution >= 4 is 22.8 Å². The van der Waals surface area contributed by atoms with Gasteiger partial charge in [-0.2, -0.15) is 0 Å². The van der Waals surface area contributed by atoms with E-state index in [9.17, 15) is 9.59 Å². The van der Waals surface area contributed by atoms with Crippen LogP contribution in [0.1, 0.15) is 105 Å². The Hall–Kier alpha value is -4.06. The summed E-state index contributed by atoms with van der Waals surface area (Å²) in [7, 11) is 1.49. The minimum Gasteiger partial charge on any atom is -0.489 e. The number of fused-ring (bicyclic) bond motifs is 7. The molecule has 3 aromatic carbocycles. The van der Waals surface area contributed by atoms with Crippen molar-refractivity contribution in [1.82, 2.24) is 4.57 Å². The van der Waals surface area contributed by atoms with Crippen LogP contribution in [0.5, 0.6) is 5.75 Å². The van der Waals surface area contributed by atoms with E-state index in [0.717, 1.165) is 47.2 Å². The van der Waals surface area contributed by atoms with Gasteiger partial charge in [0.25, 0.3) is 0 Å². The van der Waals surface area contributed by atoms with Crippen molar-refractivity contribution in [3.8, 4) is 17.0 Å². The van der Waals surface area contributed by atoms with E-state index in [1.807, 2.05) is 51.1 Å². The number of benzene rings is 3. The quantitative estimate of drug-likeness (QED) is 0.162. The van der Waals surface area contributed by atoms with Crippen LogP contribution in [0.3, 0.4) is 0 Å². The summed E-state index contributed by atoms with van der Waals surface area (Å²) in [4.78, 5) is 26.8. The normalized spacial score (nSPS) is 21.1. The van der Waals surface area contributed by atoms with E-state index < -0.39 is 11.0 Å². The molecule has 0 spiro atoms. The number of methoxy groups -OCH3 is 1. The van der Waals surface area contributed by atoms with Gasteiger partial charge in [-0.25, -0.2) is 4.79 Å². The maximum Gasteiger partial charge on any atom is 0.338 e. The summed E-state index contributed by atoms with van der Waals surface area (Å²) in [6.45, 7) is 6.65. The van der Waals surface area contributed by atoms with Gasteiger partial charge in [0.2, 0.25) is 0 Å². The number of nitrogens with zero attached hydrogens (tertiary/aromatic N) is 1. The minimum absolute atomic E-state index is 0.0335. The molecule has 0 bridgehead atoms. The highest BCUT2D eigenvalue weighted by atomic mass is 16.6. The molecule has 45 heavy (non-hydrogen) atoms. The fourth-order valence-electron chi connectivity index (χ4n) is 7.81. The molecule has 2 aliphatic carbocycles. The molecule has 0 radical (unpaired) electrons. The first kappa shape index (κ1) is 29.6. The zero-order valence-electron chi connectivity index (χ0n) is 26.9. The second-order valence-electron chi connectivity index (χ2n) is 14.2. The molecule has 6 heteroatoms. The molecule has 2 atom stereocenters. The highest BCUT2D eigenvalue weighted by molar-refractivity contribution is 6.00. The molecule has 7 rings (SSSR count). The van der Waals surface area contributed by atoms with Gasteiger partial charge in [0.1, 0.15) is 18.0 Å². The Morgan fingerprint density at radius 2 is 1.69 bits per heavy atom. The SMILES string of the molecule is COC(=O)C12CC1c1cc(OCc3ccccc3)ccc1-c1c(C3CCCCCC3)c3ccc(C(=O)OC(C)(C)C)cc3n1C2. The molecule has 1 aliphatic heterocycles. The lowest BCUT2D eigenvalue weighted by molar-refractivity contribution is -0.147. The fraction of sp³-hybridized carbons (Fsp3) is 0.436. The average Bonchev–Trinajstić information content (AvgIpc) is 3.77. The predicted molar refractivity (Wildman–Crippen MR) is 176 cm³/mol. The molecule has 3 aliphatic rings. The van der Waals surface area contributed by atoms with Gasteiger partial charge in [0.15, 0.2) is 0 Å². The standard InChI is InChI=1S/C39H43NO5/c1-38(2,3)45-36(41)27-16-18-30-33(20-27)40-24-39(37(42)43-4)22-32(39)31-21-28(44-23-25-12-8-7-9-13-25)17-19-29(31)35(40)34(30)26-14-10-5-6-11-15-26/h7-9,12-13,16-21,26,32H,5-6,10-11,14-15,22-24H2,1-4H3. The number of hydrogen-bond acceptors (Lipinski definition) is 5. The van der Waals surface area contributed by atoms with E-state index in [1.165, 1.54) is 49.4 Å². The molecule has 0 amide bonds. The van der Waals surface area contributed by atoms with Crippen LogP contribution < -0.4 is 4.74 Å². The van der Waals surface area contributed by atoms with Crippen LogP contribution in [0.4, 0.5) is 0 Å². The fourth-order valence-corrected chi connectivity index (χ4v) is 7.81. The van der Waals surface area contributed by atoms with Crippen molar-refractivity contribution in [2.24, 2.45) is 5.41 Å². The first-order chi connectivity index (χ1) is 21.7. The van der Waals surface area contributed by atoms with E-state index in [-0.39, 0.29) is 17.9 Å². The van der Waals surface area contributed by atoms with Gasteiger partial charge in [-0.1, -0.05) is 62.1 Å². The Bertz CT molecular complexity index is 1760. The maximum atomic E-state index is 13.6. The lowest BCUT2D eigenvalue weighted by Gasteiger charge is -2.20. The topological polar surface area (TPSA) is 66.8 Å². The molecule has 234 valence electrons. The van der Waals surface area contributed by atoms with Crippen molar-refractivity contribution in [2.45, 2.75) is 96.3 Å². The summed E-state index contributed by atoms with van der Waals surface area (Å²) in [5, 5.41) is 1.17. The van der Waals surface area contributed by atoms with Crippen LogP contribution in [0.25, 0.3) is 22.2 Å². The molecular formula is C39H43NO5. The van der Waals surface area contributed by atoms with Crippen LogP contribution in [-0.2, 0) is 27.4 Å². The predicted octanol–water partition coefficient (Wildman–Crippen LogP) is 8.94. The number of esters is 2. The number of hydrogen-bond donors (Lipinski definition) is 0. The number of carbonyl (C=O) groups is 2. The Kier molecular flexibility index (Phi) is 7.50. The van der Waals surface area contributed by atoms with Crippen LogP contribution in [0.15, 0.2) is 66.7 Å². The first-order valence-electron chi connectivity index (χ1n) is 16.5. The third-order valence-corrected chi connectivity index (χ3v) is 10.0. The third kappa shape index (κ3) is 5.43. The summed E-state index contributed by atoms with van der Waals surface area (Å²) < 4.78 is 19.9. The molecule has 2 unspecified atom stereocenters. The zero-order valence-corrected chi connectivity index (χ0v) is 26.9. The van der Waals surface area contributed by atoms with E-state index >= 15 is 0 Å². The maximum absolute atomic E-state index is 13.6. The monoisotopic (exact) mass is 605 g/mol. The molecule has 0 N–H and O–H groups in total. The summed E-state index contributed by atoms with van der Waals surface area (Å²) in [5.74, 6) is 0.728. The highest BCUT2D eigenvalue weighted by Gasteiger charge is 2.64. The van der Waals surface area contributed by atoms with Gasteiger partial charge in [0.05, 0.1) is 23.8 Å². The second kappa shape index (κ2) is 11.4. The Labute approximate surface area is 265 Å². The molecule has 2 saturated carbocycles. The minimum atomic E-state index is -0.665. The number of rotatable bonds is 6. The lowest BCUT2D eigenvalue weighted by atomic mass is 9.86. The van der Waals surface area contributed by atoms with E-state index in [0.29, 0.717) is 24.6 Å². The second-order valence-corrected chi connectivity index (χ2v) is 14.2. The van der Waals surface area contributed by atoms with E-state index in [4.69, 9.17) is 14.2 Å². The first-order valence-corrected chi connectivity index (χ1v) is 16.5.